The van der Waals surface area contributed by atoms with Crippen LogP contribution in [0.15, 0.2) is 54.6 Å². The third-order valence-electron chi connectivity index (χ3n) is 4.12. The molecule has 2 aromatic carbocycles. The van der Waals surface area contributed by atoms with Crippen molar-refractivity contribution in [3.63, 3.8) is 0 Å². The molecule has 0 bridgehead atoms. The van der Waals surface area contributed by atoms with E-state index < -0.39 is 0 Å². The summed E-state index contributed by atoms with van der Waals surface area (Å²) in [5.74, 6) is 2.25. The summed E-state index contributed by atoms with van der Waals surface area (Å²) in [5.41, 5.74) is 2.85. The molecule has 2 rings (SSSR count). The predicted octanol–water partition coefficient (Wildman–Crippen LogP) is 4.24. The minimum Gasteiger partial charge on any atom is -0.457 e. The molecule has 26 heavy (non-hydrogen) atoms. The lowest BCUT2D eigenvalue weighted by Gasteiger charge is -2.18. The molecule has 0 saturated heterocycles. The SMILES string of the molecule is CC(C)CC(CCNC(=O)c1ccc(Oc2ccccc2)cc1)CNO. The Morgan fingerprint density at radius 3 is 2.31 bits per heavy atom. The summed E-state index contributed by atoms with van der Waals surface area (Å²) >= 11 is 0. The average molecular weight is 356 g/mol. The first-order valence-electron chi connectivity index (χ1n) is 9.06. The molecular formula is C21H28N2O3. The summed E-state index contributed by atoms with van der Waals surface area (Å²) in [6, 6.07) is 16.6. The molecule has 1 unspecified atom stereocenters. The number of carbonyl (C=O) groups excluding carboxylic acids is 1. The molecule has 0 aliphatic heterocycles. The highest BCUT2D eigenvalue weighted by molar-refractivity contribution is 5.94. The Bertz CT molecular complexity index is 657. The predicted molar refractivity (Wildman–Crippen MR) is 103 cm³/mol. The van der Waals surface area contributed by atoms with Crippen molar-refractivity contribution in [3.05, 3.63) is 60.2 Å². The minimum absolute atomic E-state index is 0.100. The Kier molecular flexibility index (Phi) is 8.12. The maximum Gasteiger partial charge on any atom is 0.251 e. The molecule has 0 radical (unpaired) electrons. The molecule has 1 amide bonds. The van der Waals surface area contributed by atoms with Gasteiger partial charge in [0.25, 0.3) is 5.91 Å². The van der Waals surface area contributed by atoms with Crippen LogP contribution in [0.5, 0.6) is 11.5 Å². The third-order valence-corrected chi connectivity index (χ3v) is 4.12. The van der Waals surface area contributed by atoms with E-state index in [1.807, 2.05) is 30.3 Å². The zero-order valence-corrected chi connectivity index (χ0v) is 15.4. The van der Waals surface area contributed by atoms with E-state index in [1.165, 1.54) is 0 Å². The Balaban J connectivity index is 1.81. The zero-order valence-electron chi connectivity index (χ0n) is 15.4. The van der Waals surface area contributed by atoms with Crippen LogP contribution >= 0.6 is 0 Å². The van der Waals surface area contributed by atoms with Gasteiger partial charge in [-0.3, -0.25) is 4.79 Å². The normalized spacial score (nSPS) is 12.0. The molecular weight excluding hydrogens is 328 g/mol. The van der Waals surface area contributed by atoms with E-state index in [9.17, 15) is 4.79 Å². The summed E-state index contributed by atoms with van der Waals surface area (Å²) in [7, 11) is 0. The van der Waals surface area contributed by atoms with Crippen molar-refractivity contribution in [3.8, 4) is 11.5 Å². The van der Waals surface area contributed by atoms with Gasteiger partial charge in [0.1, 0.15) is 11.5 Å². The van der Waals surface area contributed by atoms with Crippen molar-refractivity contribution in [2.75, 3.05) is 13.1 Å². The number of para-hydroxylation sites is 1. The van der Waals surface area contributed by atoms with Gasteiger partial charge in [-0.2, -0.15) is 0 Å². The van der Waals surface area contributed by atoms with Crippen molar-refractivity contribution >= 4 is 5.91 Å². The van der Waals surface area contributed by atoms with Crippen molar-refractivity contribution in [2.24, 2.45) is 11.8 Å². The molecule has 140 valence electrons. The molecule has 5 nitrogen and oxygen atoms in total. The lowest BCUT2D eigenvalue weighted by atomic mass is 9.94. The Morgan fingerprint density at radius 2 is 1.69 bits per heavy atom. The number of hydrogen-bond acceptors (Lipinski definition) is 4. The number of nitrogens with one attached hydrogen (secondary N) is 2. The van der Waals surface area contributed by atoms with E-state index in [4.69, 9.17) is 9.94 Å². The van der Waals surface area contributed by atoms with Gasteiger partial charge in [0.2, 0.25) is 0 Å². The fourth-order valence-electron chi connectivity index (χ4n) is 2.89. The van der Waals surface area contributed by atoms with Crippen LogP contribution in [0.4, 0.5) is 0 Å². The molecule has 0 saturated carbocycles. The van der Waals surface area contributed by atoms with E-state index in [2.05, 4.69) is 24.6 Å². The van der Waals surface area contributed by atoms with Crippen molar-refractivity contribution in [1.29, 1.82) is 0 Å². The number of ether oxygens (including phenoxy) is 1. The molecule has 0 fully saturated rings. The summed E-state index contributed by atoms with van der Waals surface area (Å²) in [5, 5.41) is 11.9. The fourth-order valence-corrected chi connectivity index (χ4v) is 2.89. The smallest absolute Gasteiger partial charge is 0.251 e. The van der Waals surface area contributed by atoms with Gasteiger partial charge < -0.3 is 15.3 Å². The van der Waals surface area contributed by atoms with Crippen molar-refractivity contribution < 1.29 is 14.7 Å². The number of carbonyl (C=O) groups is 1. The average Bonchev–Trinajstić information content (AvgIpc) is 2.63. The second kappa shape index (κ2) is 10.6. The van der Waals surface area contributed by atoms with Gasteiger partial charge in [-0.1, -0.05) is 32.0 Å². The zero-order chi connectivity index (χ0) is 18.8. The highest BCUT2D eigenvalue weighted by Gasteiger charge is 2.12. The molecule has 0 aliphatic rings. The van der Waals surface area contributed by atoms with E-state index >= 15 is 0 Å². The summed E-state index contributed by atoms with van der Waals surface area (Å²) < 4.78 is 5.73. The van der Waals surface area contributed by atoms with Gasteiger partial charge in [-0.15, -0.1) is 0 Å². The number of hydroxylamine groups is 1. The Labute approximate surface area is 155 Å². The molecule has 1 atom stereocenters. The summed E-state index contributed by atoms with van der Waals surface area (Å²) in [4.78, 5) is 12.3. The van der Waals surface area contributed by atoms with Crippen LogP contribution in [-0.4, -0.2) is 24.2 Å². The first-order chi connectivity index (χ1) is 12.6. The fraction of sp³-hybridized carbons (Fsp3) is 0.381. The Morgan fingerprint density at radius 1 is 1.04 bits per heavy atom. The molecule has 0 aliphatic carbocycles. The molecule has 5 heteroatoms. The lowest BCUT2D eigenvalue weighted by molar-refractivity contribution is 0.0948. The van der Waals surface area contributed by atoms with Gasteiger partial charge in [0, 0.05) is 18.7 Å². The van der Waals surface area contributed by atoms with Crippen LogP contribution in [-0.2, 0) is 0 Å². The van der Waals surface area contributed by atoms with Crippen LogP contribution in [0.25, 0.3) is 0 Å². The quantitative estimate of drug-likeness (QED) is 0.557. The van der Waals surface area contributed by atoms with Crippen LogP contribution in [0.1, 0.15) is 37.0 Å². The topological polar surface area (TPSA) is 70.6 Å². The van der Waals surface area contributed by atoms with E-state index in [0.717, 1.165) is 18.6 Å². The van der Waals surface area contributed by atoms with Crippen LogP contribution in [0.2, 0.25) is 0 Å². The number of rotatable bonds is 10. The third kappa shape index (κ3) is 6.86. The van der Waals surface area contributed by atoms with Crippen LogP contribution in [0.3, 0.4) is 0 Å². The largest absolute Gasteiger partial charge is 0.457 e. The van der Waals surface area contributed by atoms with Gasteiger partial charge in [-0.25, -0.2) is 5.48 Å². The molecule has 0 heterocycles. The second-order valence-corrected chi connectivity index (χ2v) is 6.84. The van der Waals surface area contributed by atoms with Crippen molar-refractivity contribution in [1.82, 2.24) is 10.8 Å². The molecule has 0 aromatic heterocycles. The Hall–Kier alpha value is -2.37. The summed E-state index contributed by atoms with van der Waals surface area (Å²) in [6.45, 7) is 5.43. The van der Waals surface area contributed by atoms with Gasteiger partial charge in [-0.05, 0) is 61.1 Å². The maximum atomic E-state index is 12.3. The van der Waals surface area contributed by atoms with Crippen LogP contribution in [0, 0.1) is 11.8 Å². The monoisotopic (exact) mass is 356 g/mol. The molecule has 3 N–H and O–H groups in total. The first-order valence-corrected chi connectivity index (χ1v) is 9.06. The highest BCUT2D eigenvalue weighted by Crippen LogP contribution is 2.21. The van der Waals surface area contributed by atoms with Gasteiger partial charge in [0.15, 0.2) is 0 Å². The lowest BCUT2D eigenvalue weighted by Crippen LogP contribution is -2.29. The standard InChI is InChI=1S/C21H28N2O3/c1-16(2)14-17(15-23-25)12-13-22-21(24)18-8-10-20(11-9-18)26-19-6-4-3-5-7-19/h3-11,16-17,23,25H,12-15H2,1-2H3,(H,22,24). The molecule has 2 aromatic rings. The summed E-state index contributed by atoms with van der Waals surface area (Å²) in [6.07, 6.45) is 1.83. The number of amides is 1. The van der Waals surface area contributed by atoms with E-state index in [-0.39, 0.29) is 5.91 Å². The van der Waals surface area contributed by atoms with Crippen molar-refractivity contribution in [2.45, 2.75) is 26.7 Å². The number of hydrogen-bond donors (Lipinski definition) is 3. The van der Waals surface area contributed by atoms with Crippen LogP contribution < -0.4 is 15.5 Å². The second-order valence-electron chi connectivity index (χ2n) is 6.84. The first kappa shape index (κ1) is 19.9. The molecule has 0 spiro atoms. The van der Waals surface area contributed by atoms with Gasteiger partial charge in [0.05, 0.1) is 0 Å². The van der Waals surface area contributed by atoms with E-state index in [0.29, 0.717) is 36.2 Å². The maximum absolute atomic E-state index is 12.3. The van der Waals surface area contributed by atoms with Gasteiger partial charge >= 0.3 is 0 Å². The number of benzene rings is 2. The minimum atomic E-state index is -0.100. The van der Waals surface area contributed by atoms with E-state index in [1.54, 1.807) is 24.3 Å². The highest BCUT2D eigenvalue weighted by atomic mass is 16.5.